The molecule has 0 aliphatic carbocycles. The Hall–Kier alpha value is -1.48. The molecule has 0 radical (unpaired) electrons. The molecule has 0 spiro atoms. The van der Waals surface area contributed by atoms with Crippen LogP contribution >= 0.6 is 11.6 Å². The molecular weight excluding hydrogens is 234 g/mol. The Morgan fingerprint density at radius 1 is 1.41 bits per heavy atom. The molecule has 0 aliphatic rings. The summed E-state index contributed by atoms with van der Waals surface area (Å²) in [6.07, 6.45) is 3.91. The molecule has 0 saturated carbocycles. The van der Waals surface area contributed by atoms with Crippen molar-refractivity contribution in [2.45, 2.75) is 26.9 Å². The number of anilines is 1. The highest BCUT2D eigenvalue weighted by molar-refractivity contribution is 6.33. The first-order valence-electron chi connectivity index (χ1n) is 5.70. The number of hydrogen-bond donors (Lipinski definition) is 1. The monoisotopic (exact) mass is 249 g/mol. The summed E-state index contributed by atoms with van der Waals surface area (Å²) < 4.78 is 1.91. The summed E-state index contributed by atoms with van der Waals surface area (Å²) >= 11 is 6.11. The summed E-state index contributed by atoms with van der Waals surface area (Å²) in [4.78, 5) is 0. The smallest absolute Gasteiger partial charge is 0.0637 e. The van der Waals surface area contributed by atoms with Gasteiger partial charge in [0.25, 0.3) is 0 Å². The maximum absolute atomic E-state index is 6.11. The van der Waals surface area contributed by atoms with Gasteiger partial charge in [-0.2, -0.15) is 5.10 Å². The van der Waals surface area contributed by atoms with Crippen LogP contribution in [-0.4, -0.2) is 9.78 Å². The van der Waals surface area contributed by atoms with Crippen LogP contribution in [0.5, 0.6) is 0 Å². The highest BCUT2D eigenvalue weighted by atomic mass is 35.5. The molecule has 3 nitrogen and oxygen atoms in total. The van der Waals surface area contributed by atoms with Crippen LogP contribution < -0.4 is 5.32 Å². The Labute approximate surface area is 106 Å². The van der Waals surface area contributed by atoms with Gasteiger partial charge in [-0.3, -0.25) is 4.68 Å². The number of rotatable bonds is 4. The standard InChI is InChI=1S/C13H16ClN3/c1-3-17-9-11(8-16-17)7-15-13-6-10(2)4-5-12(13)14/h4-6,8-9,15H,3,7H2,1-2H3. The highest BCUT2D eigenvalue weighted by Crippen LogP contribution is 2.23. The van der Waals surface area contributed by atoms with E-state index >= 15 is 0 Å². The predicted octanol–water partition coefficient (Wildman–Crippen LogP) is 3.48. The molecular formula is C13H16ClN3. The minimum Gasteiger partial charge on any atom is -0.380 e. The zero-order valence-corrected chi connectivity index (χ0v) is 10.8. The Bertz CT molecular complexity index is 505. The summed E-state index contributed by atoms with van der Waals surface area (Å²) in [5, 5.41) is 8.30. The third kappa shape index (κ3) is 3.01. The van der Waals surface area contributed by atoms with Crippen molar-refractivity contribution in [2.75, 3.05) is 5.32 Å². The van der Waals surface area contributed by atoms with Crippen LogP contribution in [0.25, 0.3) is 0 Å². The lowest BCUT2D eigenvalue weighted by atomic mass is 10.2. The summed E-state index contributed by atoms with van der Waals surface area (Å²) in [5.41, 5.74) is 3.32. The van der Waals surface area contributed by atoms with Crippen molar-refractivity contribution in [1.29, 1.82) is 0 Å². The van der Waals surface area contributed by atoms with Crippen LogP contribution in [0.4, 0.5) is 5.69 Å². The van der Waals surface area contributed by atoms with E-state index in [2.05, 4.69) is 24.3 Å². The molecule has 1 aromatic heterocycles. The second-order valence-electron chi connectivity index (χ2n) is 4.04. The summed E-state index contributed by atoms with van der Waals surface area (Å²) in [6.45, 7) is 5.76. The minimum atomic E-state index is 0.739. The average Bonchev–Trinajstić information content (AvgIpc) is 2.78. The van der Waals surface area contributed by atoms with E-state index in [1.54, 1.807) is 0 Å². The van der Waals surface area contributed by atoms with Gasteiger partial charge >= 0.3 is 0 Å². The summed E-state index contributed by atoms with van der Waals surface area (Å²) in [5.74, 6) is 0. The number of benzene rings is 1. The van der Waals surface area contributed by atoms with Crippen molar-refractivity contribution in [3.8, 4) is 0 Å². The van der Waals surface area contributed by atoms with Crippen molar-refractivity contribution in [2.24, 2.45) is 0 Å². The van der Waals surface area contributed by atoms with Crippen molar-refractivity contribution < 1.29 is 0 Å². The summed E-state index contributed by atoms with van der Waals surface area (Å²) in [7, 11) is 0. The summed E-state index contributed by atoms with van der Waals surface area (Å²) in [6, 6.07) is 5.96. The van der Waals surface area contributed by atoms with Gasteiger partial charge in [-0.15, -0.1) is 0 Å². The lowest BCUT2D eigenvalue weighted by molar-refractivity contribution is 0.659. The Balaban J connectivity index is 2.04. The molecule has 1 N–H and O–H groups in total. The van der Waals surface area contributed by atoms with Crippen LogP contribution in [0, 0.1) is 6.92 Å². The number of nitrogens with one attached hydrogen (secondary N) is 1. The van der Waals surface area contributed by atoms with Gasteiger partial charge in [0.2, 0.25) is 0 Å². The molecule has 0 atom stereocenters. The maximum atomic E-state index is 6.11. The quantitative estimate of drug-likeness (QED) is 0.899. The fourth-order valence-corrected chi connectivity index (χ4v) is 1.83. The average molecular weight is 250 g/mol. The third-order valence-corrected chi connectivity index (χ3v) is 2.95. The fraction of sp³-hybridized carbons (Fsp3) is 0.308. The second kappa shape index (κ2) is 5.23. The van der Waals surface area contributed by atoms with Gasteiger partial charge in [0.1, 0.15) is 0 Å². The van der Waals surface area contributed by atoms with E-state index in [4.69, 9.17) is 11.6 Å². The van der Waals surface area contributed by atoms with Gasteiger partial charge in [0.15, 0.2) is 0 Å². The molecule has 17 heavy (non-hydrogen) atoms. The molecule has 1 aromatic carbocycles. The highest BCUT2D eigenvalue weighted by Gasteiger charge is 2.01. The fourth-order valence-electron chi connectivity index (χ4n) is 1.64. The number of hydrogen-bond acceptors (Lipinski definition) is 2. The van der Waals surface area contributed by atoms with E-state index < -0.39 is 0 Å². The molecule has 90 valence electrons. The molecule has 2 aromatic rings. The van der Waals surface area contributed by atoms with E-state index in [1.807, 2.05) is 35.3 Å². The van der Waals surface area contributed by atoms with E-state index in [0.29, 0.717) is 0 Å². The van der Waals surface area contributed by atoms with Crippen molar-refractivity contribution in [3.05, 3.63) is 46.7 Å². The molecule has 0 aliphatic heterocycles. The topological polar surface area (TPSA) is 29.9 Å². The van der Waals surface area contributed by atoms with Crippen LogP contribution in [0.3, 0.4) is 0 Å². The van der Waals surface area contributed by atoms with Crippen LogP contribution in [-0.2, 0) is 13.1 Å². The zero-order chi connectivity index (χ0) is 12.3. The number of nitrogens with zero attached hydrogens (tertiary/aromatic N) is 2. The van der Waals surface area contributed by atoms with Gasteiger partial charge in [-0.25, -0.2) is 0 Å². The van der Waals surface area contributed by atoms with E-state index in [0.717, 1.165) is 29.4 Å². The Kier molecular flexibility index (Phi) is 3.69. The molecule has 0 amide bonds. The first-order chi connectivity index (χ1) is 8.19. The van der Waals surface area contributed by atoms with Crippen LogP contribution in [0.15, 0.2) is 30.6 Å². The number of aromatic nitrogens is 2. The van der Waals surface area contributed by atoms with Crippen molar-refractivity contribution in [3.63, 3.8) is 0 Å². The SMILES string of the molecule is CCn1cc(CNc2cc(C)ccc2Cl)cn1. The Morgan fingerprint density at radius 2 is 2.24 bits per heavy atom. The van der Waals surface area contributed by atoms with Crippen LogP contribution in [0.2, 0.25) is 5.02 Å². The van der Waals surface area contributed by atoms with Crippen molar-refractivity contribution >= 4 is 17.3 Å². The minimum absolute atomic E-state index is 0.739. The molecule has 4 heteroatoms. The van der Waals surface area contributed by atoms with Crippen molar-refractivity contribution in [1.82, 2.24) is 9.78 Å². The molecule has 2 rings (SSSR count). The molecule has 0 bridgehead atoms. The first kappa shape index (κ1) is 12.0. The van der Waals surface area contributed by atoms with E-state index in [1.165, 1.54) is 5.56 Å². The van der Waals surface area contributed by atoms with E-state index in [-0.39, 0.29) is 0 Å². The molecule has 0 fully saturated rings. The van der Waals surface area contributed by atoms with E-state index in [9.17, 15) is 0 Å². The molecule has 0 unspecified atom stereocenters. The second-order valence-corrected chi connectivity index (χ2v) is 4.45. The molecule has 1 heterocycles. The van der Waals surface area contributed by atoms with Gasteiger partial charge in [0.05, 0.1) is 16.9 Å². The lowest BCUT2D eigenvalue weighted by Gasteiger charge is -2.07. The van der Waals surface area contributed by atoms with Gasteiger partial charge in [-0.1, -0.05) is 17.7 Å². The first-order valence-corrected chi connectivity index (χ1v) is 6.08. The number of aryl methyl sites for hydroxylation is 2. The third-order valence-electron chi connectivity index (χ3n) is 2.62. The Morgan fingerprint density at radius 3 is 2.94 bits per heavy atom. The predicted molar refractivity (Wildman–Crippen MR) is 71.4 cm³/mol. The van der Waals surface area contributed by atoms with Gasteiger partial charge in [-0.05, 0) is 31.5 Å². The van der Waals surface area contributed by atoms with Gasteiger partial charge in [0, 0.05) is 24.8 Å². The maximum Gasteiger partial charge on any atom is 0.0637 e. The number of halogens is 1. The van der Waals surface area contributed by atoms with Crippen LogP contribution in [0.1, 0.15) is 18.1 Å². The molecule has 0 saturated heterocycles. The van der Waals surface area contributed by atoms with Gasteiger partial charge < -0.3 is 5.32 Å². The largest absolute Gasteiger partial charge is 0.380 e. The normalized spacial score (nSPS) is 10.5. The zero-order valence-electron chi connectivity index (χ0n) is 10.1. The lowest BCUT2D eigenvalue weighted by Crippen LogP contribution is -1.99.